The first kappa shape index (κ1) is 20.5. The molecule has 9 heteroatoms. The number of sulfonamides is 2. The SMILES string of the molecule is COc1c(C)cc(S(=O)(=O)Nc2cc(N3CCCS3(=O)=O)ccc2C)cc1C. The number of hydrogen-bond donors (Lipinski definition) is 1. The number of hydrogen-bond acceptors (Lipinski definition) is 5. The van der Waals surface area contributed by atoms with Crippen molar-refractivity contribution in [2.24, 2.45) is 0 Å². The van der Waals surface area contributed by atoms with E-state index in [0.717, 1.165) is 11.1 Å². The lowest BCUT2D eigenvalue weighted by molar-refractivity contribution is 0.408. The maximum Gasteiger partial charge on any atom is 0.261 e. The molecule has 1 saturated heterocycles. The minimum atomic E-state index is -3.85. The maximum absolute atomic E-state index is 12.9. The summed E-state index contributed by atoms with van der Waals surface area (Å²) in [5, 5.41) is 0. The zero-order valence-corrected chi connectivity index (χ0v) is 17.9. The first-order chi connectivity index (χ1) is 13.0. The van der Waals surface area contributed by atoms with E-state index >= 15 is 0 Å². The lowest BCUT2D eigenvalue weighted by atomic mass is 10.1. The second-order valence-electron chi connectivity index (χ2n) is 6.94. The van der Waals surface area contributed by atoms with Gasteiger partial charge in [0, 0.05) is 6.54 Å². The fraction of sp³-hybridized carbons (Fsp3) is 0.368. The van der Waals surface area contributed by atoms with E-state index < -0.39 is 20.0 Å². The summed E-state index contributed by atoms with van der Waals surface area (Å²) in [5.41, 5.74) is 2.95. The number of anilines is 2. The number of benzene rings is 2. The lowest BCUT2D eigenvalue weighted by Gasteiger charge is -2.19. The molecule has 1 heterocycles. The molecule has 0 atom stereocenters. The van der Waals surface area contributed by atoms with E-state index in [1.54, 1.807) is 58.2 Å². The van der Waals surface area contributed by atoms with Gasteiger partial charge in [0.05, 0.1) is 29.1 Å². The van der Waals surface area contributed by atoms with Gasteiger partial charge in [-0.05, 0) is 68.1 Å². The van der Waals surface area contributed by atoms with Crippen LogP contribution >= 0.6 is 0 Å². The molecule has 1 fully saturated rings. The van der Waals surface area contributed by atoms with E-state index in [9.17, 15) is 16.8 Å². The summed E-state index contributed by atoms with van der Waals surface area (Å²) < 4.78 is 59.4. The van der Waals surface area contributed by atoms with Crippen LogP contribution in [0.15, 0.2) is 35.2 Å². The van der Waals surface area contributed by atoms with Crippen molar-refractivity contribution in [2.75, 3.05) is 28.4 Å². The van der Waals surface area contributed by atoms with Crippen LogP contribution in [0.25, 0.3) is 0 Å². The standard InChI is InChI=1S/C19H24N2O5S2/c1-13-6-7-16(21-8-5-9-27(21,22)23)12-18(13)20-28(24,25)17-10-14(2)19(26-4)15(3)11-17/h6-7,10-12,20H,5,8-9H2,1-4H3. The Hall–Kier alpha value is -2.26. The Balaban J connectivity index is 1.98. The fourth-order valence-electron chi connectivity index (χ4n) is 3.40. The highest BCUT2D eigenvalue weighted by atomic mass is 32.2. The normalized spacial score (nSPS) is 16.2. The van der Waals surface area contributed by atoms with Gasteiger partial charge in [0.2, 0.25) is 10.0 Å². The van der Waals surface area contributed by atoms with Crippen molar-refractivity contribution in [3.63, 3.8) is 0 Å². The van der Waals surface area contributed by atoms with Crippen LogP contribution in [0.3, 0.4) is 0 Å². The summed E-state index contributed by atoms with van der Waals surface area (Å²) >= 11 is 0. The molecule has 3 rings (SSSR count). The predicted octanol–water partition coefficient (Wildman–Crippen LogP) is 2.96. The summed E-state index contributed by atoms with van der Waals surface area (Å²) in [6.45, 7) is 5.74. The topological polar surface area (TPSA) is 92.8 Å². The second kappa shape index (κ2) is 7.29. The van der Waals surface area contributed by atoms with Crippen molar-refractivity contribution in [3.8, 4) is 5.75 Å². The third-order valence-electron chi connectivity index (χ3n) is 4.80. The van der Waals surface area contributed by atoms with Crippen LogP contribution in [0.1, 0.15) is 23.1 Å². The van der Waals surface area contributed by atoms with Gasteiger partial charge in [-0.1, -0.05) is 6.07 Å². The number of ether oxygens (including phenoxy) is 1. The zero-order valence-electron chi connectivity index (χ0n) is 16.3. The third-order valence-corrected chi connectivity index (χ3v) is 8.02. The maximum atomic E-state index is 12.9. The molecular weight excluding hydrogens is 400 g/mol. The van der Waals surface area contributed by atoms with Crippen LogP contribution in [0.5, 0.6) is 5.75 Å². The Kier molecular flexibility index (Phi) is 5.33. The van der Waals surface area contributed by atoms with Crippen molar-refractivity contribution in [3.05, 3.63) is 47.0 Å². The number of nitrogens with one attached hydrogen (secondary N) is 1. The minimum Gasteiger partial charge on any atom is -0.496 e. The molecule has 0 saturated carbocycles. The van der Waals surface area contributed by atoms with Crippen molar-refractivity contribution < 1.29 is 21.6 Å². The number of aryl methyl sites for hydroxylation is 3. The molecule has 0 aromatic heterocycles. The molecule has 1 N–H and O–H groups in total. The van der Waals surface area contributed by atoms with Gasteiger partial charge in [0.25, 0.3) is 10.0 Å². The molecule has 28 heavy (non-hydrogen) atoms. The first-order valence-electron chi connectivity index (χ1n) is 8.84. The lowest BCUT2D eigenvalue weighted by Crippen LogP contribution is -2.25. The van der Waals surface area contributed by atoms with Crippen LogP contribution < -0.4 is 13.8 Å². The summed E-state index contributed by atoms with van der Waals surface area (Å²) in [6, 6.07) is 8.08. The quantitative estimate of drug-likeness (QED) is 0.797. The van der Waals surface area contributed by atoms with Crippen LogP contribution in [0, 0.1) is 20.8 Å². The predicted molar refractivity (Wildman–Crippen MR) is 110 cm³/mol. The Morgan fingerprint density at radius 3 is 2.21 bits per heavy atom. The van der Waals surface area contributed by atoms with Crippen molar-refractivity contribution >= 4 is 31.4 Å². The van der Waals surface area contributed by atoms with E-state index in [1.807, 2.05) is 0 Å². The summed E-state index contributed by atoms with van der Waals surface area (Å²) in [5.74, 6) is 0.753. The molecule has 7 nitrogen and oxygen atoms in total. The Morgan fingerprint density at radius 1 is 1.04 bits per heavy atom. The van der Waals surface area contributed by atoms with Gasteiger partial charge in [-0.15, -0.1) is 0 Å². The molecule has 1 aliphatic rings. The van der Waals surface area contributed by atoms with E-state index in [2.05, 4.69) is 4.72 Å². The van der Waals surface area contributed by atoms with E-state index in [-0.39, 0.29) is 10.6 Å². The average molecular weight is 425 g/mol. The molecule has 1 aliphatic heterocycles. The molecular formula is C19H24N2O5S2. The van der Waals surface area contributed by atoms with Crippen LogP contribution in [0.4, 0.5) is 11.4 Å². The van der Waals surface area contributed by atoms with Gasteiger partial charge in [-0.25, -0.2) is 16.8 Å². The smallest absolute Gasteiger partial charge is 0.261 e. The van der Waals surface area contributed by atoms with E-state index in [1.165, 1.54) is 4.31 Å². The fourth-order valence-corrected chi connectivity index (χ4v) is 6.24. The average Bonchev–Trinajstić information content (AvgIpc) is 2.95. The molecule has 0 amide bonds. The van der Waals surface area contributed by atoms with Gasteiger partial charge in [0.15, 0.2) is 0 Å². The number of nitrogens with zero attached hydrogens (tertiary/aromatic N) is 1. The molecule has 0 spiro atoms. The van der Waals surface area contributed by atoms with Crippen molar-refractivity contribution in [2.45, 2.75) is 32.1 Å². The van der Waals surface area contributed by atoms with Crippen LogP contribution in [-0.2, 0) is 20.0 Å². The second-order valence-corrected chi connectivity index (χ2v) is 10.6. The van der Waals surface area contributed by atoms with Gasteiger partial charge in [-0.3, -0.25) is 9.03 Å². The monoisotopic (exact) mass is 424 g/mol. The summed E-state index contributed by atoms with van der Waals surface area (Å²) in [7, 11) is -5.65. The molecule has 0 bridgehead atoms. The Morgan fingerprint density at radius 2 is 1.68 bits per heavy atom. The van der Waals surface area contributed by atoms with Gasteiger partial charge in [0.1, 0.15) is 5.75 Å². The highest BCUT2D eigenvalue weighted by Gasteiger charge is 2.29. The minimum absolute atomic E-state index is 0.104. The Bertz CT molecular complexity index is 1100. The summed E-state index contributed by atoms with van der Waals surface area (Å²) in [4.78, 5) is 0.127. The van der Waals surface area contributed by atoms with E-state index in [0.29, 0.717) is 35.7 Å². The number of rotatable bonds is 5. The van der Waals surface area contributed by atoms with Gasteiger partial charge in [-0.2, -0.15) is 0 Å². The highest BCUT2D eigenvalue weighted by molar-refractivity contribution is 7.93. The van der Waals surface area contributed by atoms with Crippen molar-refractivity contribution in [1.29, 1.82) is 0 Å². The largest absolute Gasteiger partial charge is 0.496 e. The van der Waals surface area contributed by atoms with E-state index in [4.69, 9.17) is 4.74 Å². The van der Waals surface area contributed by atoms with Gasteiger partial charge >= 0.3 is 0 Å². The summed E-state index contributed by atoms with van der Waals surface area (Å²) in [6.07, 6.45) is 0.557. The zero-order chi connectivity index (χ0) is 20.7. The molecule has 0 radical (unpaired) electrons. The molecule has 2 aromatic carbocycles. The van der Waals surface area contributed by atoms with Crippen molar-refractivity contribution in [1.82, 2.24) is 0 Å². The molecule has 0 unspecified atom stereocenters. The molecule has 2 aromatic rings. The Labute approximate surface area is 166 Å². The van der Waals surface area contributed by atoms with Crippen LogP contribution in [0.2, 0.25) is 0 Å². The third kappa shape index (κ3) is 3.81. The van der Waals surface area contributed by atoms with Crippen LogP contribution in [-0.4, -0.2) is 36.2 Å². The number of methoxy groups -OCH3 is 1. The molecule has 0 aliphatic carbocycles. The molecule has 152 valence electrons. The first-order valence-corrected chi connectivity index (χ1v) is 11.9. The van der Waals surface area contributed by atoms with Gasteiger partial charge < -0.3 is 4.74 Å². The highest BCUT2D eigenvalue weighted by Crippen LogP contribution is 2.31.